The Kier molecular flexibility index (Phi) is 5.11. The van der Waals surface area contributed by atoms with Crippen LogP contribution in [-0.2, 0) is 6.42 Å². The number of rotatable bonds is 6. The Morgan fingerprint density at radius 3 is 2.67 bits per heavy atom. The van der Waals surface area contributed by atoms with E-state index in [1.165, 1.54) is 0 Å². The molecule has 0 fully saturated rings. The van der Waals surface area contributed by atoms with E-state index >= 15 is 0 Å². The summed E-state index contributed by atoms with van der Waals surface area (Å²) in [7, 11) is 0. The van der Waals surface area contributed by atoms with Crippen molar-refractivity contribution in [1.29, 1.82) is 0 Å². The minimum Gasteiger partial charge on any atom is -0.391 e. The van der Waals surface area contributed by atoms with Crippen molar-refractivity contribution < 1.29 is 14.4 Å². The summed E-state index contributed by atoms with van der Waals surface area (Å²) >= 11 is 0. The molecule has 1 heterocycles. The first-order chi connectivity index (χ1) is 10.1. The molecule has 5 heteroatoms. The van der Waals surface area contributed by atoms with E-state index in [9.17, 15) is 9.90 Å². The molecule has 1 aromatic heterocycles. The number of carbonyl (C=O) groups is 1. The lowest BCUT2D eigenvalue weighted by molar-refractivity contribution is 0.0907. The lowest BCUT2D eigenvalue weighted by Crippen LogP contribution is -2.33. The van der Waals surface area contributed by atoms with E-state index in [0.717, 1.165) is 5.56 Å². The van der Waals surface area contributed by atoms with Gasteiger partial charge in [-0.1, -0.05) is 49.3 Å². The van der Waals surface area contributed by atoms with E-state index in [1.807, 2.05) is 44.2 Å². The standard InChI is InChI=1S/C16H20N2O3/c1-11(2)15-9-14(18-21-15)16(20)17-10-13(19)8-12-6-4-3-5-7-12/h3-7,9,11,13,19H,8,10H2,1-2H3,(H,17,20). The minimum absolute atomic E-state index is 0.178. The van der Waals surface area contributed by atoms with Crippen LogP contribution in [0.25, 0.3) is 0 Å². The monoisotopic (exact) mass is 288 g/mol. The van der Waals surface area contributed by atoms with Crippen molar-refractivity contribution in [1.82, 2.24) is 10.5 Å². The third-order valence-corrected chi connectivity index (χ3v) is 3.14. The smallest absolute Gasteiger partial charge is 0.273 e. The molecule has 2 rings (SSSR count). The minimum atomic E-state index is -0.632. The number of benzene rings is 1. The molecule has 2 N–H and O–H groups in total. The van der Waals surface area contributed by atoms with Crippen LogP contribution < -0.4 is 5.32 Å². The van der Waals surface area contributed by atoms with Crippen molar-refractivity contribution in [3.05, 3.63) is 53.4 Å². The van der Waals surface area contributed by atoms with Crippen LogP contribution >= 0.6 is 0 Å². The maximum absolute atomic E-state index is 11.9. The highest BCUT2D eigenvalue weighted by molar-refractivity contribution is 5.92. The Hall–Kier alpha value is -2.14. The van der Waals surface area contributed by atoms with Gasteiger partial charge in [-0.2, -0.15) is 0 Å². The molecular formula is C16H20N2O3. The van der Waals surface area contributed by atoms with E-state index in [-0.39, 0.29) is 24.1 Å². The van der Waals surface area contributed by atoms with Crippen molar-refractivity contribution in [3.8, 4) is 0 Å². The second-order valence-electron chi connectivity index (χ2n) is 5.32. The van der Waals surface area contributed by atoms with Gasteiger partial charge >= 0.3 is 0 Å². The second-order valence-corrected chi connectivity index (χ2v) is 5.32. The predicted molar refractivity (Wildman–Crippen MR) is 79.1 cm³/mol. The normalized spacial score (nSPS) is 12.4. The fraction of sp³-hybridized carbons (Fsp3) is 0.375. The molecule has 0 aliphatic carbocycles. The Morgan fingerprint density at radius 1 is 1.33 bits per heavy atom. The second kappa shape index (κ2) is 7.04. The zero-order valence-corrected chi connectivity index (χ0v) is 12.2. The Balaban J connectivity index is 1.83. The average Bonchev–Trinajstić information content (AvgIpc) is 2.96. The first-order valence-corrected chi connectivity index (χ1v) is 7.03. The van der Waals surface area contributed by atoms with E-state index in [0.29, 0.717) is 12.2 Å². The molecule has 1 atom stereocenters. The molecule has 1 amide bonds. The molecule has 1 unspecified atom stereocenters. The van der Waals surface area contributed by atoms with Gasteiger partial charge in [-0.25, -0.2) is 0 Å². The zero-order chi connectivity index (χ0) is 15.2. The fourth-order valence-corrected chi connectivity index (χ4v) is 1.93. The number of hydrogen-bond acceptors (Lipinski definition) is 4. The molecule has 0 saturated carbocycles. The molecule has 0 spiro atoms. The molecule has 0 saturated heterocycles. The largest absolute Gasteiger partial charge is 0.391 e. The number of nitrogens with one attached hydrogen (secondary N) is 1. The van der Waals surface area contributed by atoms with Gasteiger partial charge in [0.25, 0.3) is 5.91 Å². The van der Waals surface area contributed by atoms with E-state index in [4.69, 9.17) is 4.52 Å². The van der Waals surface area contributed by atoms with Crippen LogP contribution in [0, 0.1) is 0 Å². The molecule has 0 aliphatic heterocycles. The van der Waals surface area contributed by atoms with Gasteiger partial charge in [0.05, 0.1) is 6.10 Å². The highest BCUT2D eigenvalue weighted by Crippen LogP contribution is 2.14. The molecule has 0 aliphatic rings. The third-order valence-electron chi connectivity index (χ3n) is 3.14. The van der Waals surface area contributed by atoms with Crippen LogP contribution in [0.3, 0.4) is 0 Å². The summed E-state index contributed by atoms with van der Waals surface area (Å²) in [4.78, 5) is 11.9. The van der Waals surface area contributed by atoms with Gasteiger partial charge < -0.3 is 14.9 Å². The summed E-state index contributed by atoms with van der Waals surface area (Å²) in [5.74, 6) is 0.519. The molecule has 1 aromatic carbocycles. The van der Waals surface area contributed by atoms with Crippen LogP contribution in [0.1, 0.15) is 41.6 Å². The Labute approximate surface area is 124 Å². The average molecular weight is 288 g/mol. The van der Waals surface area contributed by atoms with Crippen molar-refractivity contribution in [2.24, 2.45) is 0 Å². The number of aliphatic hydroxyl groups excluding tert-OH is 1. The summed E-state index contributed by atoms with van der Waals surface area (Å²) in [5, 5.41) is 16.3. The molecular weight excluding hydrogens is 268 g/mol. The lowest BCUT2D eigenvalue weighted by atomic mass is 10.1. The van der Waals surface area contributed by atoms with E-state index in [1.54, 1.807) is 6.07 Å². The molecule has 2 aromatic rings. The maximum Gasteiger partial charge on any atom is 0.273 e. The van der Waals surface area contributed by atoms with Crippen LogP contribution in [0.5, 0.6) is 0 Å². The first kappa shape index (κ1) is 15.3. The molecule has 112 valence electrons. The van der Waals surface area contributed by atoms with Gasteiger partial charge in [0.2, 0.25) is 0 Å². The number of hydrogen-bond donors (Lipinski definition) is 2. The maximum atomic E-state index is 11.9. The van der Waals surface area contributed by atoms with Gasteiger partial charge in [-0.05, 0) is 5.56 Å². The summed E-state index contributed by atoms with van der Waals surface area (Å²) in [6.07, 6.45) is -0.134. The van der Waals surface area contributed by atoms with Gasteiger partial charge in [-0.3, -0.25) is 4.79 Å². The van der Waals surface area contributed by atoms with Crippen LogP contribution in [0.2, 0.25) is 0 Å². The SMILES string of the molecule is CC(C)c1cc(C(=O)NCC(O)Cc2ccccc2)no1. The van der Waals surface area contributed by atoms with Gasteiger partial charge in [0, 0.05) is 24.9 Å². The highest BCUT2D eigenvalue weighted by Gasteiger charge is 2.15. The van der Waals surface area contributed by atoms with Crippen molar-refractivity contribution in [3.63, 3.8) is 0 Å². The number of nitrogens with zero attached hydrogens (tertiary/aromatic N) is 1. The van der Waals surface area contributed by atoms with Crippen LogP contribution in [0.15, 0.2) is 40.9 Å². The van der Waals surface area contributed by atoms with Gasteiger partial charge in [0.15, 0.2) is 5.69 Å². The zero-order valence-electron chi connectivity index (χ0n) is 12.2. The van der Waals surface area contributed by atoms with Gasteiger partial charge in [0.1, 0.15) is 5.76 Å². The summed E-state index contributed by atoms with van der Waals surface area (Å²) in [6.45, 7) is 4.11. The van der Waals surface area contributed by atoms with E-state index < -0.39 is 6.10 Å². The molecule has 21 heavy (non-hydrogen) atoms. The summed E-state index contributed by atoms with van der Waals surface area (Å²) in [5.41, 5.74) is 1.27. The van der Waals surface area contributed by atoms with Crippen molar-refractivity contribution in [2.45, 2.75) is 32.3 Å². The first-order valence-electron chi connectivity index (χ1n) is 7.03. The molecule has 5 nitrogen and oxygen atoms in total. The predicted octanol–water partition coefficient (Wildman–Crippen LogP) is 2.13. The summed E-state index contributed by atoms with van der Waals surface area (Å²) < 4.78 is 5.08. The quantitative estimate of drug-likeness (QED) is 0.854. The van der Waals surface area contributed by atoms with Crippen LogP contribution in [0.4, 0.5) is 0 Å². The fourth-order valence-electron chi connectivity index (χ4n) is 1.93. The molecule has 0 radical (unpaired) electrons. The Bertz CT molecular complexity index is 578. The van der Waals surface area contributed by atoms with Crippen LogP contribution in [-0.4, -0.2) is 28.8 Å². The number of aromatic nitrogens is 1. The molecule has 0 bridgehead atoms. The third kappa shape index (κ3) is 4.43. The number of carbonyl (C=O) groups excluding carboxylic acids is 1. The number of amides is 1. The highest BCUT2D eigenvalue weighted by atomic mass is 16.5. The lowest BCUT2D eigenvalue weighted by Gasteiger charge is -2.11. The van der Waals surface area contributed by atoms with E-state index in [2.05, 4.69) is 10.5 Å². The van der Waals surface area contributed by atoms with Crippen molar-refractivity contribution >= 4 is 5.91 Å². The number of aliphatic hydroxyl groups is 1. The topological polar surface area (TPSA) is 75.4 Å². The van der Waals surface area contributed by atoms with Gasteiger partial charge in [-0.15, -0.1) is 0 Å². The van der Waals surface area contributed by atoms with Crippen molar-refractivity contribution in [2.75, 3.05) is 6.54 Å². The summed E-state index contributed by atoms with van der Waals surface area (Å²) in [6, 6.07) is 11.3. The Morgan fingerprint density at radius 2 is 2.05 bits per heavy atom.